The Kier molecular flexibility index (Phi) is 5.10. The van der Waals surface area contributed by atoms with Crippen molar-refractivity contribution >= 4 is 0 Å². The first kappa shape index (κ1) is 13.3. The highest BCUT2D eigenvalue weighted by atomic mass is 19.4. The van der Waals surface area contributed by atoms with Crippen molar-refractivity contribution in [3.8, 4) is 12.3 Å². The zero-order chi connectivity index (χ0) is 12.0. The molecule has 0 aromatic carbocycles. The van der Waals surface area contributed by atoms with Gasteiger partial charge in [-0.25, -0.2) is 0 Å². The van der Waals surface area contributed by atoms with Gasteiger partial charge in [0.2, 0.25) is 0 Å². The summed E-state index contributed by atoms with van der Waals surface area (Å²) in [6.45, 7) is 1.41. The van der Waals surface area contributed by atoms with Crippen LogP contribution in [0.1, 0.15) is 12.8 Å². The lowest BCUT2D eigenvalue weighted by Crippen LogP contribution is -2.37. The second-order valence-corrected chi connectivity index (χ2v) is 4.17. The van der Waals surface area contributed by atoms with Crippen LogP contribution in [0.25, 0.3) is 0 Å². The molecule has 1 fully saturated rings. The Morgan fingerprint density at radius 3 is 2.56 bits per heavy atom. The van der Waals surface area contributed by atoms with Crippen LogP contribution in [0.15, 0.2) is 0 Å². The van der Waals surface area contributed by atoms with E-state index in [-0.39, 0.29) is 0 Å². The lowest BCUT2D eigenvalue weighted by molar-refractivity contribution is -0.124. The maximum absolute atomic E-state index is 11.8. The van der Waals surface area contributed by atoms with Crippen molar-refractivity contribution in [2.75, 3.05) is 32.7 Å². The summed E-state index contributed by atoms with van der Waals surface area (Å²) in [5.74, 6) is 3.24. The number of rotatable bonds is 7. The van der Waals surface area contributed by atoms with Crippen LogP contribution in [0, 0.1) is 18.3 Å². The van der Waals surface area contributed by atoms with Gasteiger partial charge in [-0.2, -0.15) is 13.2 Å². The van der Waals surface area contributed by atoms with Crippen LogP contribution >= 0.6 is 0 Å². The predicted octanol–water partition coefficient (Wildman–Crippen LogP) is 1.48. The van der Waals surface area contributed by atoms with E-state index >= 15 is 0 Å². The molecule has 0 aromatic rings. The van der Waals surface area contributed by atoms with Crippen molar-refractivity contribution < 1.29 is 13.2 Å². The van der Waals surface area contributed by atoms with E-state index in [4.69, 9.17) is 6.42 Å². The molecule has 0 aliphatic heterocycles. The van der Waals surface area contributed by atoms with Gasteiger partial charge in [0, 0.05) is 19.6 Å². The van der Waals surface area contributed by atoms with Crippen molar-refractivity contribution in [1.82, 2.24) is 10.2 Å². The molecule has 0 aromatic heterocycles. The van der Waals surface area contributed by atoms with Gasteiger partial charge in [0.25, 0.3) is 0 Å². The summed E-state index contributed by atoms with van der Waals surface area (Å²) in [6, 6.07) is 0. The number of nitrogens with zero attached hydrogens (tertiary/aromatic N) is 1. The molecule has 1 aliphatic rings. The first-order valence-corrected chi connectivity index (χ1v) is 5.44. The zero-order valence-corrected chi connectivity index (χ0v) is 9.19. The van der Waals surface area contributed by atoms with E-state index in [0.29, 0.717) is 25.6 Å². The minimum absolute atomic E-state index is 0.327. The van der Waals surface area contributed by atoms with Crippen LogP contribution in [0.4, 0.5) is 13.2 Å². The quantitative estimate of drug-likeness (QED) is 0.530. The van der Waals surface area contributed by atoms with Gasteiger partial charge in [0.1, 0.15) is 0 Å². The van der Waals surface area contributed by atoms with Gasteiger partial charge in [-0.05, 0) is 18.8 Å². The second-order valence-electron chi connectivity index (χ2n) is 4.17. The maximum Gasteiger partial charge on any atom is 0.401 e. The van der Waals surface area contributed by atoms with Crippen LogP contribution in [0.2, 0.25) is 0 Å². The highest BCUT2D eigenvalue weighted by molar-refractivity contribution is 4.90. The summed E-state index contributed by atoms with van der Waals surface area (Å²) in [7, 11) is 0. The van der Waals surface area contributed by atoms with E-state index in [9.17, 15) is 13.2 Å². The van der Waals surface area contributed by atoms with E-state index in [1.807, 2.05) is 4.90 Å². The molecule has 0 amide bonds. The molecule has 0 atom stereocenters. The Bertz CT molecular complexity index is 241. The van der Waals surface area contributed by atoms with E-state index in [1.165, 1.54) is 12.8 Å². The SMILES string of the molecule is C#CCN(CCNCC(F)(F)F)CC1CC1. The highest BCUT2D eigenvalue weighted by Crippen LogP contribution is 2.29. The number of terminal acetylenes is 1. The van der Waals surface area contributed by atoms with Crippen LogP contribution in [0.3, 0.4) is 0 Å². The Morgan fingerprint density at radius 1 is 1.38 bits per heavy atom. The monoisotopic (exact) mass is 234 g/mol. The fraction of sp³-hybridized carbons (Fsp3) is 0.818. The molecule has 0 radical (unpaired) electrons. The number of nitrogens with one attached hydrogen (secondary N) is 1. The van der Waals surface area contributed by atoms with Gasteiger partial charge in [-0.15, -0.1) is 6.42 Å². The van der Waals surface area contributed by atoms with Crippen molar-refractivity contribution in [2.45, 2.75) is 19.0 Å². The molecular weight excluding hydrogens is 217 g/mol. The van der Waals surface area contributed by atoms with Crippen LogP contribution in [-0.4, -0.2) is 43.8 Å². The summed E-state index contributed by atoms with van der Waals surface area (Å²) < 4.78 is 35.5. The topological polar surface area (TPSA) is 15.3 Å². The third kappa shape index (κ3) is 6.70. The summed E-state index contributed by atoms with van der Waals surface area (Å²) in [5.41, 5.74) is 0. The van der Waals surface area contributed by atoms with Gasteiger partial charge in [-0.1, -0.05) is 5.92 Å². The van der Waals surface area contributed by atoms with Crippen LogP contribution in [-0.2, 0) is 0 Å². The normalized spacial score (nSPS) is 16.4. The molecule has 0 spiro atoms. The molecule has 0 bridgehead atoms. The average Bonchev–Trinajstić information content (AvgIpc) is 2.95. The standard InChI is InChI=1S/C11H17F3N2/c1-2-6-16(8-10-3-4-10)7-5-15-9-11(12,13)14/h1,10,15H,3-9H2. The van der Waals surface area contributed by atoms with Crippen molar-refractivity contribution in [1.29, 1.82) is 0 Å². The summed E-state index contributed by atoms with van der Waals surface area (Å²) in [6.07, 6.45) is 3.51. The molecular formula is C11H17F3N2. The van der Waals surface area contributed by atoms with Gasteiger partial charge in [0.15, 0.2) is 0 Å². The minimum atomic E-state index is -4.13. The first-order valence-electron chi connectivity index (χ1n) is 5.44. The third-order valence-corrected chi connectivity index (χ3v) is 2.46. The molecule has 1 aliphatic carbocycles. The minimum Gasteiger partial charge on any atom is -0.307 e. The lowest BCUT2D eigenvalue weighted by atomic mass is 10.3. The van der Waals surface area contributed by atoms with Gasteiger partial charge >= 0.3 is 6.18 Å². The Hall–Kier alpha value is -0.730. The smallest absolute Gasteiger partial charge is 0.307 e. The molecule has 1 rings (SSSR count). The van der Waals surface area contributed by atoms with Crippen LogP contribution < -0.4 is 5.32 Å². The highest BCUT2D eigenvalue weighted by Gasteiger charge is 2.26. The van der Waals surface area contributed by atoms with Crippen molar-refractivity contribution in [2.24, 2.45) is 5.92 Å². The zero-order valence-electron chi connectivity index (χ0n) is 9.19. The first-order chi connectivity index (χ1) is 7.51. The molecule has 0 heterocycles. The molecule has 0 saturated heterocycles. The molecule has 16 heavy (non-hydrogen) atoms. The van der Waals surface area contributed by atoms with Gasteiger partial charge < -0.3 is 5.32 Å². The molecule has 1 N–H and O–H groups in total. The fourth-order valence-corrected chi connectivity index (χ4v) is 1.50. The largest absolute Gasteiger partial charge is 0.401 e. The average molecular weight is 234 g/mol. The van der Waals surface area contributed by atoms with E-state index < -0.39 is 12.7 Å². The lowest BCUT2D eigenvalue weighted by Gasteiger charge is -2.19. The Morgan fingerprint density at radius 2 is 2.06 bits per heavy atom. The molecule has 2 nitrogen and oxygen atoms in total. The maximum atomic E-state index is 11.8. The van der Waals surface area contributed by atoms with Gasteiger partial charge in [0.05, 0.1) is 13.1 Å². The summed E-state index contributed by atoms with van der Waals surface area (Å²) in [5, 5.41) is 2.37. The Labute approximate surface area is 94.2 Å². The second kappa shape index (κ2) is 6.12. The fourth-order valence-electron chi connectivity index (χ4n) is 1.50. The van der Waals surface area contributed by atoms with Crippen LogP contribution in [0.5, 0.6) is 0 Å². The number of hydrogen-bond acceptors (Lipinski definition) is 2. The number of halogens is 3. The van der Waals surface area contributed by atoms with E-state index in [0.717, 1.165) is 6.54 Å². The van der Waals surface area contributed by atoms with E-state index in [2.05, 4.69) is 11.2 Å². The molecule has 1 saturated carbocycles. The summed E-state index contributed by atoms with van der Waals surface area (Å²) >= 11 is 0. The van der Waals surface area contributed by atoms with Crippen molar-refractivity contribution in [3.63, 3.8) is 0 Å². The number of alkyl halides is 3. The third-order valence-electron chi connectivity index (χ3n) is 2.46. The number of hydrogen-bond donors (Lipinski definition) is 1. The summed E-state index contributed by atoms with van der Waals surface area (Å²) in [4.78, 5) is 2.03. The Balaban J connectivity index is 2.09. The van der Waals surface area contributed by atoms with E-state index in [1.54, 1.807) is 0 Å². The molecule has 0 unspecified atom stereocenters. The molecule has 5 heteroatoms. The van der Waals surface area contributed by atoms with Crippen molar-refractivity contribution in [3.05, 3.63) is 0 Å². The van der Waals surface area contributed by atoms with Gasteiger partial charge in [-0.3, -0.25) is 4.90 Å². The predicted molar refractivity (Wildman–Crippen MR) is 56.9 cm³/mol. The molecule has 92 valence electrons.